The molecular weight excluding hydrogens is 402 g/mol. The van der Waals surface area contributed by atoms with Crippen LogP contribution in [0.4, 0.5) is 11.4 Å². The van der Waals surface area contributed by atoms with E-state index in [1.165, 1.54) is 0 Å². The first-order chi connectivity index (χ1) is 14.5. The molecule has 0 spiro atoms. The Morgan fingerprint density at radius 3 is 2.03 bits per heavy atom. The van der Waals surface area contributed by atoms with Gasteiger partial charge in [-0.15, -0.1) is 0 Å². The number of carbonyl (C=O) groups is 1. The van der Waals surface area contributed by atoms with E-state index in [9.17, 15) is 4.79 Å². The molecule has 0 aromatic heterocycles. The molecule has 0 atom stereocenters. The Balaban J connectivity index is 1.89. The Morgan fingerprint density at radius 2 is 1.50 bits per heavy atom. The van der Waals surface area contributed by atoms with Crippen molar-refractivity contribution in [1.82, 2.24) is 4.90 Å². The van der Waals surface area contributed by atoms with Crippen LogP contribution in [0.1, 0.15) is 24.2 Å². The van der Waals surface area contributed by atoms with Gasteiger partial charge in [-0.2, -0.15) is 0 Å². The lowest BCUT2D eigenvalue weighted by Gasteiger charge is -2.17. The van der Waals surface area contributed by atoms with Crippen molar-refractivity contribution in [3.05, 3.63) is 48.0 Å². The summed E-state index contributed by atoms with van der Waals surface area (Å²) in [7, 11) is 3.18. The fourth-order valence-corrected chi connectivity index (χ4v) is 2.99. The van der Waals surface area contributed by atoms with Gasteiger partial charge in [-0.25, -0.2) is 4.79 Å². The Morgan fingerprint density at radius 1 is 0.933 bits per heavy atom. The topological polar surface area (TPSA) is 72.1 Å². The number of methoxy groups -OCH3 is 2. The maximum absolute atomic E-state index is 12.2. The molecule has 0 aliphatic carbocycles. The van der Waals surface area contributed by atoms with Crippen molar-refractivity contribution in [1.29, 1.82) is 0 Å². The van der Waals surface area contributed by atoms with Gasteiger partial charge < -0.3 is 29.7 Å². The zero-order valence-electron chi connectivity index (χ0n) is 17.9. The predicted octanol–water partition coefficient (Wildman–Crippen LogP) is 4.01. The van der Waals surface area contributed by atoms with E-state index in [0.717, 1.165) is 31.0 Å². The normalized spacial score (nSPS) is 10.4. The van der Waals surface area contributed by atoms with Gasteiger partial charge in [0.2, 0.25) is 0 Å². The summed E-state index contributed by atoms with van der Waals surface area (Å²) < 4.78 is 15.9. The van der Waals surface area contributed by atoms with Crippen LogP contribution in [-0.2, 0) is 4.74 Å². The standard InChI is InChI=1S/C22H29N3O4S/c1-5-25(6-2)11-12-29-21(26)16-7-9-17(10-8-16)23-22(30)24-18-13-19(27-3)15-20(14-18)28-4/h7-10,13-15H,5-6,11-12H2,1-4H3,(H2,23,24,30). The summed E-state index contributed by atoms with van der Waals surface area (Å²) in [4.78, 5) is 14.4. The minimum atomic E-state index is -0.335. The van der Waals surface area contributed by atoms with Gasteiger partial charge in [0, 0.05) is 36.1 Å². The monoisotopic (exact) mass is 431 g/mol. The molecule has 0 amide bonds. The molecule has 2 N–H and O–H groups in total. The Hall–Kier alpha value is -2.84. The Bertz CT molecular complexity index is 817. The van der Waals surface area contributed by atoms with Crippen LogP contribution in [0.3, 0.4) is 0 Å². The van der Waals surface area contributed by atoms with Gasteiger partial charge in [0.15, 0.2) is 5.11 Å². The van der Waals surface area contributed by atoms with Crippen LogP contribution in [-0.4, -0.2) is 56.4 Å². The molecule has 0 saturated carbocycles. The largest absolute Gasteiger partial charge is 0.497 e. The fraction of sp³-hybridized carbons (Fsp3) is 0.364. The lowest BCUT2D eigenvalue weighted by atomic mass is 10.2. The summed E-state index contributed by atoms with van der Waals surface area (Å²) in [5.74, 6) is 0.977. The molecule has 8 heteroatoms. The van der Waals surface area contributed by atoms with Crippen molar-refractivity contribution in [2.45, 2.75) is 13.8 Å². The molecule has 2 rings (SSSR count). The molecule has 0 radical (unpaired) electrons. The van der Waals surface area contributed by atoms with E-state index < -0.39 is 0 Å². The van der Waals surface area contributed by atoms with Crippen molar-refractivity contribution in [3.63, 3.8) is 0 Å². The van der Waals surface area contributed by atoms with Gasteiger partial charge in [0.25, 0.3) is 0 Å². The highest BCUT2D eigenvalue weighted by Gasteiger charge is 2.09. The smallest absolute Gasteiger partial charge is 0.338 e. The highest BCUT2D eigenvalue weighted by atomic mass is 32.1. The molecule has 0 heterocycles. The number of nitrogens with zero attached hydrogens (tertiary/aromatic N) is 1. The number of thiocarbonyl (C=S) groups is 1. The third kappa shape index (κ3) is 7.20. The number of hydrogen-bond donors (Lipinski definition) is 2. The van der Waals surface area contributed by atoms with E-state index in [-0.39, 0.29) is 5.97 Å². The first-order valence-corrected chi connectivity index (χ1v) is 10.2. The fourth-order valence-electron chi connectivity index (χ4n) is 2.75. The molecule has 0 aliphatic heterocycles. The second-order valence-corrected chi connectivity index (χ2v) is 6.83. The molecule has 162 valence electrons. The highest BCUT2D eigenvalue weighted by Crippen LogP contribution is 2.26. The minimum absolute atomic E-state index is 0.335. The zero-order valence-corrected chi connectivity index (χ0v) is 18.7. The van der Waals surface area contributed by atoms with Crippen LogP contribution < -0.4 is 20.1 Å². The van der Waals surface area contributed by atoms with Crippen molar-refractivity contribution >= 4 is 34.7 Å². The number of ether oxygens (including phenoxy) is 3. The number of hydrogen-bond acceptors (Lipinski definition) is 6. The van der Waals surface area contributed by atoms with Gasteiger partial charge >= 0.3 is 5.97 Å². The molecule has 7 nitrogen and oxygen atoms in total. The summed E-state index contributed by atoms with van der Waals surface area (Å²) in [5.41, 5.74) is 1.98. The number of esters is 1. The van der Waals surface area contributed by atoms with E-state index in [0.29, 0.717) is 28.8 Å². The predicted molar refractivity (Wildman–Crippen MR) is 124 cm³/mol. The number of carbonyl (C=O) groups excluding carboxylic acids is 1. The van der Waals surface area contributed by atoms with Crippen molar-refractivity contribution in [2.24, 2.45) is 0 Å². The average Bonchev–Trinajstić information content (AvgIpc) is 2.76. The van der Waals surface area contributed by atoms with Gasteiger partial charge in [0.1, 0.15) is 18.1 Å². The maximum Gasteiger partial charge on any atom is 0.338 e. The zero-order chi connectivity index (χ0) is 21.9. The second kappa shape index (κ2) is 12.0. The number of benzene rings is 2. The van der Waals surface area contributed by atoms with Gasteiger partial charge in [-0.05, 0) is 49.6 Å². The molecule has 0 fully saturated rings. The summed E-state index contributed by atoms with van der Waals surface area (Å²) in [5, 5.41) is 6.58. The molecule has 0 bridgehead atoms. The molecule has 2 aromatic carbocycles. The lowest BCUT2D eigenvalue weighted by molar-refractivity contribution is 0.0466. The van der Waals surface area contributed by atoms with Crippen molar-refractivity contribution in [3.8, 4) is 11.5 Å². The maximum atomic E-state index is 12.2. The summed E-state index contributed by atoms with van der Waals surface area (Å²) >= 11 is 5.37. The van der Waals surface area contributed by atoms with E-state index in [2.05, 4.69) is 29.4 Å². The van der Waals surface area contributed by atoms with Crippen LogP contribution in [0.2, 0.25) is 0 Å². The van der Waals surface area contributed by atoms with Gasteiger partial charge in [0.05, 0.1) is 19.8 Å². The third-order valence-corrected chi connectivity index (χ3v) is 4.73. The Kier molecular flexibility index (Phi) is 9.37. The summed E-state index contributed by atoms with van der Waals surface area (Å²) in [6, 6.07) is 12.4. The lowest BCUT2D eigenvalue weighted by Crippen LogP contribution is -2.27. The quantitative estimate of drug-likeness (QED) is 0.432. The molecule has 0 unspecified atom stereocenters. The minimum Gasteiger partial charge on any atom is -0.497 e. The number of anilines is 2. The number of rotatable bonds is 10. The third-order valence-electron chi connectivity index (χ3n) is 4.52. The second-order valence-electron chi connectivity index (χ2n) is 6.42. The summed E-state index contributed by atoms with van der Waals surface area (Å²) in [6.07, 6.45) is 0. The average molecular weight is 432 g/mol. The van der Waals surface area contributed by atoms with Gasteiger partial charge in [-0.1, -0.05) is 13.8 Å². The molecule has 30 heavy (non-hydrogen) atoms. The Labute approximate surface area is 183 Å². The molecule has 0 saturated heterocycles. The number of likely N-dealkylation sites (N-methyl/N-ethyl adjacent to an activating group) is 1. The summed E-state index contributed by atoms with van der Waals surface area (Å²) in [6.45, 7) is 7.14. The van der Waals surface area contributed by atoms with Crippen LogP contribution in [0, 0.1) is 0 Å². The van der Waals surface area contributed by atoms with Crippen LogP contribution in [0.5, 0.6) is 11.5 Å². The van der Waals surface area contributed by atoms with Crippen LogP contribution in [0.15, 0.2) is 42.5 Å². The van der Waals surface area contributed by atoms with E-state index in [4.69, 9.17) is 26.4 Å². The van der Waals surface area contributed by atoms with Crippen LogP contribution >= 0.6 is 12.2 Å². The molecule has 0 aliphatic rings. The number of nitrogens with one attached hydrogen (secondary N) is 2. The molecular formula is C22H29N3O4S. The van der Waals surface area contributed by atoms with Crippen molar-refractivity contribution < 1.29 is 19.0 Å². The van der Waals surface area contributed by atoms with Crippen LogP contribution in [0.25, 0.3) is 0 Å². The SMILES string of the molecule is CCN(CC)CCOC(=O)c1ccc(NC(=S)Nc2cc(OC)cc(OC)c2)cc1. The van der Waals surface area contributed by atoms with Crippen molar-refractivity contribution in [2.75, 3.05) is 51.1 Å². The van der Waals surface area contributed by atoms with E-state index in [1.54, 1.807) is 44.6 Å². The van der Waals surface area contributed by atoms with E-state index in [1.807, 2.05) is 12.1 Å². The first kappa shape index (κ1) is 23.4. The van der Waals surface area contributed by atoms with E-state index >= 15 is 0 Å². The highest BCUT2D eigenvalue weighted by molar-refractivity contribution is 7.80. The van der Waals surface area contributed by atoms with Gasteiger partial charge in [-0.3, -0.25) is 0 Å². The first-order valence-electron chi connectivity index (χ1n) is 9.79. The molecule has 2 aromatic rings.